The van der Waals surface area contributed by atoms with E-state index >= 15 is 0 Å². The van der Waals surface area contributed by atoms with E-state index in [2.05, 4.69) is 34.6 Å². The van der Waals surface area contributed by atoms with Crippen LogP contribution >= 0.6 is 0 Å². The molecule has 3 atom stereocenters. The van der Waals surface area contributed by atoms with Crippen molar-refractivity contribution in [3.05, 3.63) is 0 Å². The molecule has 0 aromatic heterocycles. The SMILES string of the molecule is CC(C)(C)CCCC(=O)O[C@@H]1[C@H]2CCO[C@@H]2C1(C)C. The zero-order valence-electron chi connectivity index (χ0n) is 13.0. The second-order valence-corrected chi connectivity index (χ2v) is 7.89. The van der Waals surface area contributed by atoms with Crippen LogP contribution < -0.4 is 0 Å². The lowest BCUT2D eigenvalue weighted by molar-refractivity contribution is -0.210. The molecule has 0 N–H and O–H groups in total. The van der Waals surface area contributed by atoms with Gasteiger partial charge in [-0.15, -0.1) is 0 Å². The molecule has 1 aliphatic carbocycles. The Balaban J connectivity index is 1.77. The highest BCUT2D eigenvalue weighted by Gasteiger charge is 2.61. The molecule has 19 heavy (non-hydrogen) atoms. The molecular weight excluding hydrogens is 240 g/mol. The van der Waals surface area contributed by atoms with Crippen LogP contribution in [0, 0.1) is 16.7 Å². The Labute approximate surface area is 117 Å². The summed E-state index contributed by atoms with van der Waals surface area (Å²) in [5.41, 5.74) is 0.279. The summed E-state index contributed by atoms with van der Waals surface area (Å²) >= 11 is 0. The highest BCUT2D eigenvalue weighted by Crippen LogP contribution is 2.53. The van der Waals surface area contributed by atoms with Crippen molar-refractivity contribution in [2.75, 3.05) is 6.61 Å². The molecule has 0 unspecified atom stereocenters. The molecule has 0 amide bonds. The van der Waals surface area contributed by atoms with Crippen LogP contribution in [0.25, 0.3) is 0 Å². The van der Waals surface area contributed by atoms with Crippen molar-refractivity contribution in [2.24, 2.45) is 16.7 Å². The van der Waals surface area contributed by atoms with E-state index in [1.807, 2.05) is 0 Å². The second kappa shape index (κ2) is 5.08. The fourth-order valence-corrected chi connectivity index (χ4v) is 3.48. The summed E-state index contributed by atoms with van der Waals surface area (Å²) < 4.78 is 11.4. The lowest BCUT2D eigenvalue weighted by atomic mass is 9.59. The van der Waals surface area contributed by atoms with Gasteiger partial charge in [0.05, 0.1) is 6.10 Å². The fraction of sp³-hybridized carbons (Fsp3) is 0.938. The number of ether oxygens (including phenoxy) is 2. The van der Waals surface area contributed by atoms with Crippen LogP contribution in [0.2, 0.25) is 0 Å². The van der Waals surface area contributed by atoms with Crippen molar-refractivity contribution in [1.82, 2.24) is 0 Å². The van der Waals surface area contributed by atoms with E-state index in [0.717, 1.165) is 25.9 Å². The Morgan fingerprint density at radius 2 is 2.05 bits per heavy atom. The Bertz CT molecular complexity index is 340. The smallest absolute Gasteiger partial charge is 0.306 e. The van der Waals surface area contributed by atoms with Crippen LogP contribution in [0.4, 0.5) is 0 Å². The summed E-state index contributed by atoms with van der Waals surface area (Å²) in [6.45, 7) is 11.7. The van der Waals surface area contributed by atoms with Crippen molar-refractivity contribution < 1.29 is 14.3 Å². The van der Waals surface area contributed by atoms with E-state index in [-0.39, 0.29) is 17.5 Å². The molecule has 0 bridgehead atoms. The van der Waals surface area contributed by atoms with Crippen molar-refractivity contribution in [3.63, 3.8) is 0 Å². The number of rotatable bonds is 4. The van der Waals surface area contributed by atoms with Gasteiger partial charge in [-0.25, -0.2) is 0 Å². The second-order valence-electron chi connectivity index (χ2n) is 7.89. The first-order valence-corrected chi connectivity index (χ1v) is 7.53. The largest absolute Gasteiger partial charge is 0.461 e. The normalized spacial score (nSPS) is 32.6. The predicted octanol–water partition coefficient (Wildman–Crippen LogP) is 3.56. The minimum absolute atomic E-state index is 0.0130. The summed E-state index contributed by atoms with van der Waals surface area (Å²) in [6.07, 6.45) is 3.91. The van der Waals surface area contributed by atoms with Gasteiger partial charge in [0, 0.05) is 24.4 Å². The van der Waals surface area contributed by atoms with Crippen LogP contribution in [0.3, 0.4) is 0 Å². The van der Waals surface area contributed by atoms with Gasteiger partial charge in [-0.3, -0.25) is 4.79 Å². The minimum Gasteiger partial charge on any atom is -0.461 e. The molecule has 1 heterocycles. The summed E-state index contributed by atoms with van der Waals surface area (Å²) in [6, 6.07) is 0. The molecule has 1 aliphatic heterocycles. The Kier molecular flexibility index (Phi) is 3.97. The first-order chi connectivity index (χ1) is 8.72. The Morgan fingerprint density at radius 3 is 2.68 bits per heavy atom. The van der Waals surface area contributed by atoms with E-state index in [9.17, 15) is 4.79 Å². The van der Waals surface area contributed by atoms with E-state index in [1.165, 1.54) is 0 Å². The van der Waals surface area contributed by atoms with Gasteiger partial charge in [-0.1, -0.05) is 34.6 Å². The Morgan fingerprint density at radius 1 is 1.37 bits per heavy atom. The zero-order valence-corrected chi connectivity index (χ0v) is 13.0. The maximum absolute atomic E-state index is 11.9. The van der Waals surface area contributed by atoms with Crippen molar-refractivity contribution in [1.29, 1.82) is 0 Å². The topological polar surface area (TPSA) is 35.5 Å². The van der Waals surface area contributed by atoms with Crippen LogP contribution in [-0.4, -0.2) is 24.8 Å². The molecule has 3 nitrogen and oxygen atoms in total. The first kappa shape index (κ1) is 14.8. The molecule has 2 rings (SSSR count). The van der Waals surface area contributed by atoms with Gasteiger partial charge in [0.15, 0.2) is 0 Å². The molecule has 0 aromatic rings. The third kappa shape index (κ3) is 3.13. The first-order valence-electron chi connectivity index (χ1n) is 7.53. The number of esters is 1. The van der Waals surface area contributed by atoms with E-state index in [1.54, 1.807) is 0 Å². The lowest BCUT2D eigenvalue weighted by Gasteiger charge is -2.53. The van der Waals surface area contributed by atoms with Crippen molar-refractivity contribution in [2.45, 2.75) is 72.5 Å². The van der Waals surface area contributed by atoms with Gasteiger partial charge in [0.2, 0.25) is 0 Å². The van der Waals surface area contributed by atoms with Gasteiger partial charge < -0.3 is 9.47 Å². The summed E-state index contributed by atoms with van der Waals surface area (Å²) in [5, 5.41) is 0. The number of carbonyl (C=O) groups excluding carboxylic acids is 1. The fourth-order valence-electron chi connectivity index (χ4n) is 3.48. The number of carbonyl (C=O) groups is 1. The molecule has 3 heteroatoms. The van der Waals surface area contributed by atoms with Crippen LogP contribution in [-0.2, 0) is 14.3 Å². The number of hydrogen-bond acceptors (Lipinski definition) is 3. The number of hydrogen-bond donors (Lipinski definition) is 0. The Hall–Kier alpha value is -0.570. The molecule has 0 radical (unpaired) electrons. The highest BCUT2D eigenvalue weighted by atomic mass is 16.6. The molecule has 2 aliphatic rings. The number of fused-ring (bicyclic) bond motifs is 1. The van der Waals surface area contributed by atoms with Gasteiger partial charge in [-0.05, 0) is 24.7 Å². The molecule has 0 spiro atoms. The monoisotopic (exact) mass is 268 g/mol. The zero-order chi connectivity index (χ0) is 14.3. The third-order valence-corrected chi connectivity index (χ3v) is 4.56. The maximum atomic E-state index is 11.9. The van der Waals surface area contributed by atoms with Crippen LogP contribution in [0.5, 0.6) is 0 Å². The molecule has 110 valence electrons. The van der Waals surface area contributed by atoms with Crippen LogP contribution in [0.1, 0.15) is 60.3 Å². The quantitative estimate of drug-likeness (QED) is 0.731. The highest BCUT2D eigenvalue weighted by molar-refractivity contribution is 5.69. The average molecular weight is 268 g/mol. The standard InChI is InChI=1S/C16H28O3/c1-15(2,3)9-6-7-12(17)19-14-11-8-10-18-13(11)16(14,4)5/h11,13-14H,6-10H2,1-5H3/t11-,13-,14+/m0/s1. The van der Waals surface area contributed by atoms with E-state index in [0.29, 0.717) is 23.9 Å². The minimum atomic E-state index is -0.0346. The van der Waals surface area contributed by atoms with Gasteiger partial charge in [-0.2, -0.15) is 0 Å². The third-order valence-electron chi connectivity index (χ3n) is 4.56. The summed E-state index contributed by atoms with van der Waals surface area (Å²) in [4.78, 5) is 11.9. The van der Waals surface area contributed by atoms with Crippen LogP contribution in [0.15, 0.2) is 0 Å². The van der Waals surface area contributed by atoms with Gasteiger partial charge >= 0.3 is 5.97 Å². The lowest BCUT2D eigenvalue weighted by Crippen LogP contribution is -2.61. The van der Waals surface area contributed by atoms with Crippen molar-refractivity contribution in [3.8, 4) is 0 Å². The molecule has 0 aromatic carbocycles. The van der Waals surface area contributed by atoms with Gasteiger partial charge in [0.25, 0.3) is 0 Å². The van der Waals surface area contributed by atoms with Gasteiger partial charge in [0.1, 0.15) is 6.10 Å². The van der Waals surface area contributed by atoms with Crippen molar-refractivity contribution >= 4 is 5.97 Å². The maximum Gasteiger partial charge on any atom is 0.306 e. The van der Waals surface area contributed by atoms with E-state index in [4.69, 9.17) is 9.47 Å². The predicted molar refractivity (Wildman–Crippen MR) is 74.8 cm³/mol. The van der Waals surface area contributed by atoms with E-state index < -0.39 is 0 Å². The molecule has 2 fully saturated rings. The molecule has 1 saturated carbocycles. The summed E-state index contributed by atoms with van der Waals surface area (Å²) in [5.74, 6) is 0.397. The average Bonchev–Trinajstić information content (AvgIpc) is 2.70. The molecular formula is C16H28O3. The molecule has 1 saturated heterocycles. The summed E-state index contributed by atoms with van der Waals surface area (Å²) in [7, 11) is 0.